The van der Waals surface area contributed by atoms with Crippen LogP contribution in [0.5, 0.6) is 0 Å². The fourth-order valence-corrected chi connectivity index (χ4v) is 3.23. The van der Waals surface area contributed by atoms with Crippen LogP contribution in [0.25, 0.3) is 5.69 Å². The molecule has 1 amide bonds. The number of hydrogen-bond donors (Lipinski definition) is 1. The number of aryl methyl sites for hydroxylation is 1. The van der Waals surface area contributed by atoms with Crippen molar-refractivity contribution in [3.63, 3.8) is 0 Å². The molecular weight excluding hydrogens is 369 g/mol. The Labute approximate surface area is 160 Å². The average Bonchev–Trinajstić information content (AvgIpc) is 3.20. The molecule has 27 heavy (non-hydrogen) atoms. The Bertz CT molecular complexity index is 943. The number of carbonyl (C=O) groups excluding carboxylic acids is 1. The summed E-state index contributed by atoms with van der Waals surface area (Å²) in [6.07, 6.45) is 0. The van der Waals surface area contributed by atoms with Crippen LogP contribution in [0.1, 0.15) is 26.5 Å². The van der Waals surface area contributed by atoms with Gasteiger partial charge in [-0.05, 0) is 62.4 Å². The van der Waals surface area contributed by atoms with Crippen molar-refractivity contribution in [2.24, 2.45) is 0 Å². The molecule has 0 bridgehead atoms. The maximum Gasteiger partial charge on any atom is 0.236 e. The molecule has 0 aliphatic heterocycles. The number of nitrogens with zero attached hydrogens (tertiary/aromatic N) is 6. The minimum atomic E-state index is -0.332. The predicted molar refractivity (Wildman–Crippen MR) is 100 cm³/mol. The Hall–Kier alpha value is -2.75. The van der Waals surface area contributed by atoms with Crippen molar-refractivity contribution >= 4 is 23.5 Å². The van der Waals surface area contributed by atoms with E-state index in [4.69, 9.17) is 0 Å². The molecule has 1 aromatic carbocycles. The number of carbonyl (C=O) groups is 1. The van der Waals surface area contributed by atoms with E-state index >= 15 is 0 Å². The zero-order valence-corrected chi connectivity index (χ0v) is 16.3. The molecule has 0 saturated carbocycles. The molecule has 1 N–H and O–H groups in total. The lowest BCUT2D eigenvalue weighted by molar-refractivity contribution is -0.113. The number of thioether (sulfide) groups is 1. The Morgan fingerprint density at radius 2 is 1.96 bits per heavy atom. The van der Waals surface area contributed by atoms with Crippen molar-refractivity contribution in [3.8, 4) is 5.69 Å². The molecule has 0 aliphatic carbocycles. The number of benzene rings is 1. The van der Waals surface area contributed by atoms with E-state index in [9.17, 15) is 9.18 Å². The Morgan fingerprint density at radius 1 is 1.26 bits per heavy atom. The van der Waals surface area contributed by atoms with Gasteiger partial charge in [-0.3, -0.25) is 4.79 Å². The third-order valence-electron chi connectivity index (χ3n) is 3.58. The highest BCUT2D eigenvalue weighted by molar-refractivity contribution is 7.99. The van der Waals surface area contributed by atoms with Crippen LogP contribution in [-0.2, 0) is 10.3 Å². The molecule has 0 atom stereocenters. The number of nitrogens with one attached hydrogen (secondary N) is 1. The largest absolute Gasteiger partial charge is 0.310 e. The third-order valence-corrected chi connectivity index (χ3v) is 4.50. The Balaban J connectivity index is 1.70. The van der Waals surface area contributed by atoms with Crippen LogP contribution in [-0.4, -0.2) is 41.6 Å². The van der Waals surface area contributed by atoms with Crippen LogP contribution in [0.4, 0.5) is 10.2 Å². The second-order valence-corrected chi connectivity index (χ2v) is 7.88. The number of tetrazole rings is 1. The summed E-state index contributed by atoms with van der Waals surface area (Å²) in [7, 11) is 0. The van der Waals surface area contributed by atoms with Crippen LogP contribution < -0.4 is 5.32 Å². The molecule has 3 aromatic rings. The summed E-state index contributed by atoms with van der Waals surface area (Å²) in [5.41, 5.74) is 1.11. The topological polar surface area (TPSA) is 90.5 Å². The van der Waals surface area contributed by atoms with Crippen molar-refractivity contribution in [2.75, 3.05) is 11.1 Å². The van der Waals surface area contributed by atoms with Crippen LogP contribution in [0.2, 0.25) is 0 Å². The van der Waals surface area contributed by atoms with Gasteiger partial charge in [0.15, 0.2) is 0 Å². The van der Waals surface area contributed by atoms with E-state index in [2.05, 4.69) is 25.9 Å². The quantitative estimate of drug-likeness (QED) is 0.675. The number of amides is 1. The van der Waals surface area contributed by atoms with E-state index in [0.29, 0.717) is 16.7 Å². The Morgan fingerprint density at radius 3 is 2.63 bits per heavy atom. The zero-order chi connectivity index (χ0) is 19.6. The maximum atomic E-state index is 13.1. The normalized spacial score (nSPS) is 11.6. The molecule has 2 aromatic heterocycles. The van der Waals surface area contributed by atoms with Crippen LogP contribution in [0.3, 0.4) is 0 Å². The van der Waals surface area contributed by atoms with Crippen LogP contribution in [0, 0.1) is 12.7 Å². The summed E-state index contributed by atoms with van der Waals surface area (Å²) in [6.45, 7) is 7.77. The monoisotopic (exact) mass is 389 g/mol. The van der Waals surface area contributed by atoms with Gasteiger partial charge in [-0.25, -0.2) is 13.8 Å². The van der Waals surface area contributed by atoms with Crippen LogP contribution in [0.15, 0.2) is 35.5 Å². The number of hydrogen-bond acceptors (Lipinski definition) is 6. The number of halogens is 1. The first-order valence-corrected chi connectivity index (χ1v) is 9.27. The molecule has 10 heteroatoms. The molecule has 0 aliphatic rings. The van der Waals surface area contributed by atoms with Crippen molar-refractivity contribution in [3.05, 3.63) is 41.8 Å². The van der Waals surface area contributed by atoms with Crippen molar-refractivity contribution < 1.29 is 9.18 Å². The van der Waals surface area contributed by atoms with Gasteiger partial charge < -0.3 is 5.32 Å². The molecule has 8 nitrogen and oxygen atoms in total. The molecule has 0 fully saturated rings. The second kappa shape index (κ2) is 7.47. The van der Waals surface area contributed by atoms with Gasteiger partial charge >= 0.3 is 0 Å². The van der Waals surface area contributed by atoms with E-state index in [-0.39, 0.29) is 23.0 Å². The maximum absolute atomic E-state index is 13.1. The average molecular weight is 389 g/mol. The van der Waals surface area contributed by atoms with Gasteiger partial charge in [0.05, 0.1) is 22.7 Å². The van der Waals surface area contributed by atoms with Crippen LogP contribution >= 0.6 is 11.8 Å². The molecule has 0 unspecified atom stereocenters. The third kappa shape index (κ3) is 4.51. The molecule has 0 spiro atoms. The van der Waals surface area contributed by atoms with E-state index in [1.165, 1.54) is 23.9 Å². The molecule has 0 radical (unpaired) electrons. The number of anilines is 1. The molecular formula is C17H20FN7OS. The zero-order valence-electron chi connectivity index (χ0n) is 15.5. The highest BCUT2D eigenvalue weighted by Gasteiger charge is 2.21. The Kier molecular flexibility index (Phi) is 5.26. The predicted octanol–water partition coefficient (Wildman–Crippen LogP) is 2.79. The van der Waals surface area contributed by atoms with E-state index in [1.54, 1.807) is 27.6 Å². The van der Waals surface area contributed by atoms with Gasteiger partial charge in [0.2, 0.25) is 11.1 Å². The van der Waals surface area contributed by atoms with E-state index in [1.807, 2.05) is 27.7 Å². The fraction of sp³-hybridized carbons (Fsp3) is 0.353. The lowest BCUT2D eigenvalue weighted by atomic mass is 10.1. The first-order chi connectivity index (χ1) is 12.7. The molecule has 142 valence electrons. The van der Waals surface area contributed by atoms with Crippen molar-refractivity contribution in [1.82, 2.24) is 30.0 Å². The number of rotatable bonds is 5. The highest BCUT2D eigenvalue weighted by Crippen LogP contribution is 2.22. The minimum absolute atomic E-state index is 0.143. The van der Waals surface area contributed by atoms with Gasteiger partial charge in [0.25, 0.3) is 0 Å². The number of aromatic nitrogens is 6. The summed E-state index contributed by atoms with van der Waals surface area (Å²) in [6, 6.07) is 7.65. The van der Waals surface area contributed by atoms with Gasteiger partial charge in [-0.15, -0.1) is 5.10 Å². The summed E-state index contributed by atoms with van der Waals surface area (Å²) >= 11 is 1.25. The summed E-state index contributed by atoms with van der Waals surface area (Å²) in [5, 5.41) is 19.4. The van der Waals surface area contributed by atoms with Gasteiger partial charge in [-0.2, -0.15) is 5.10 Å². The first kappa shape index (κ1) is 19.0. The van der Waals surface area contributed by atoms with E-state index in [0.717, 1.165) is 5.69 Å². The van der Waals surface area contributed by atoms with Gasteiger partial charge in [-0.1, -0.05) is 11.8 Å². The van der Waals surface area contributed by atoms with Crippen molar-refractivity contribution in [2.45, 2.75) is 38.4 Å². The standard InChI is InChI=1S/C17H20FN7OS/c1-11-9-14(24(21-11)13-7-5-12(18)6-8-13)19-15(26)10-27-16-20-22-23-25(16)17(2,3)4/h5-9H,10H2,1-4H3,(H,19,26). The van der Waals surface area contributed by atoms with Gasteiger partial charge in [0.1, 0.15) is 11.6 Å². The van der Waals surface area contributed by atoms with Crippen molar-refractivity contribution in [1.29, 1.82) is 0 Å². The first-order valence-electron chi connectivity index (χ1n) is 8.28. The SMILES string of the molecule is Cc1cc(NC(=O)CSc2nnnn2C(C)(C)C)n(-c2ccc(F)cc2)n1. The fourth-order valence-electron chi connectivity index (χ4n) is 2.37. The highest BCUT2D eigenvalue weighted by atomic mass is 32.2. The lowest BCUT2D eigenvalue weighted by Gasteiger charge is -2.19. The lowest BCUT2D eigenvalue weighted by Crippen LogP contribution is -2.25. The van der Waals surface area contributed by atoms with E-state index < -0.39 is 0 Å². The summed E-state index contributed by atoms with van der Waals surface area (Å²) < 4.78 is 16.4. The molecule has 2 heterocycles. The second-order valence-electron chi connectivity index (χ2n) is 6.94. The smallest absolute Gasteiger partial charge is 0.236 e. The summed E-state index contributed by atoms with van der Waals surface area (Å²) in [5.74, 6) is 0.109. The summed E-state index contributed by atoms with van der Waals surface area (Å²) in [4.78, 5) is 12.4. The van der Waals surface area contributed by atoms with Gasteiger partial charge in [0, 0.05) is 6.07 Å². The minimum Gasteiger partial charge on any atom is -0.310 e. The molecule has 0 saturated heterocycles. The molecule has 3 rings (SSSR count).